The van der Waals surface area contributed by atoms with Gasteiger partial charge in [-0.15, -0.1) is 0 Å². The van der Waals surface area contributed by atoms with E-state index in [-0.39, 0.29) is 6.61 Å². The summed E-state index contributed by atoms with van der Waals surface area (Å²) in [5.74, 6) is 0. The van der Waals surface area contributed by atoms with Crippen molar-refractivity contribution in [3.63, 3.8) is 0 Å². The minimum absolute atomic E-state index is 0.337. The average molecular weight is 200 g/mol. The summed E-state index contributed by atoms with van der Waals surface area (Å²) < 4.78 is 9.82. The van der Waals surface area contributed by atoms with Gasteiger partial charge in [0.1, 0.15) is 6.61 Å². The van der Waals surface area contributed by atoms with E-state index in [9.17, 15) is 0 Å². The monoisotopic (exact) mass is 199 g/mol. The summed E-state index contributed by atoms with van der Waals surface area (Å²) in [6.07, 6.45) is 0. The number of nitrogens with two attached hydrogens (primary N) is 1. The summed E-state index contributed by atoms with van der Waals surface area (Å²) in [5, 5.41) is 7.34. The number of aliphatic hydroxyl groups is 1. The fraction of sp³-hybridized carbons (Fsp3) is 1.00. The van der Waals surface area contributed by atoms with E-state index in [1.165, 1.54) is 7.05 Å². The quantitative estimate of drug-likeness (QED) is 0.501. The van der Waals surface area contributed by atoms with Gasteiger partial charge in [-0.25, -0.2) is 0 Å². The Hall–Kier alpha value is 0.130. The molecule has 0 aromatic heterocycles. The van der Waals surface area contributed by atoms with Crippen molar-refractivity contribution in [2.24, 2.45) is 5.73 Å². The molecule has 0 aliphatic rings. The normalized spacial score (nSPS) is 10.5. The van der Waals surface area contributed by atoms with Gasteiger partial charge in [-0.3, -0.25) is 0 Å². The molecule has 0 rings (SSSR count). The second-order valence-electron chi connectivity index (χ2n) is 1.68. The van der Waals surface area contributed by atoms with Gasteiger partial charge in [0.05, 0.1) is 0 Å². The van der Waals surface area contributed by atoms with Crippen LogP contribution in [-0.4, -0.2) is 37.2 Å². The highest BCUT2D eigenvalue weighted by atomic mass is 35.5. The number of ether oxygens (including phenoxy) is 2. The maximum atomic E-state index is 8.67. The minimum atomic E-state index is -1.33. The van der Waals surface area contributed by atoms with Crippen LogP contribution in [0.25, 0.3) is 0 Å². The molecular formula is C7H18ClNO3. The molecule has 0 aliphatic heterocycles. The lowest BCUT2D eigenvalue weighted by Crippen LogP contribution is -2.33. The van der Waals surface area contributed by atoms with Gasteiger partial charge in [0.2, 0.25) is 0 Å². The van der Waals surface area contributed by atoms with Crippen LogP contribution in [0.3, 0.4) is 0 Å². The highest BCUT2D eigenvalue weighted by molar-refractivity contribution is 6.22. The summed E-state index contributed by atoms with van der Waals surface area (Å²) in [6.45, 7) is 4.07. The molecule has 4 nitrogen and oxygen atoms in total. The molecule has 0 aliphatic carbocycles. The first-order chi connectivity index (χ1) is 5.68. The zero-order chi connectivity index (χ0) is 10.0. The number of aliphatic hydroxyl groups excluding tert-OH is 1. The number of hydrogen-bond acceptors (Lipinski definition) is 4. The van der Waals surface area contributed by atoms with Gasteiger partial charge in [0, 0.05) is 13.2 Å². The van der Waals surface area contributed by atoms with E-state index < -0.39 is 5.25 Å². The fourth-order valence-electron chi connectivity index (χ4n) is 0.564. The van der Waals surface area contributed by atoms with E-state index in [1.54, 1.807) is 13.8 Å². The maximum absolute atomic E-state index is 8.67. The molecule has 0 spiro atoms. The highest BCUT2D eigenvalue weighted by Crippen LogP contribution is 2.17. The van der Waals surface area contributed by atoms with Crippen LogP contribution in [0.2, 0.25) is 0 Å². The van der Waals surface area contributed by atoms with Gasteiger partial charge in [-0.1, -0.05) is 11.6 Å². The Bertz CT molecular complexity index is 86.7. The highest BCUT2D eigenvalue weighted by Gasteiger charge is 2.26. The van der Waals surface area contributed by atoms with Crippen molar-refractivity contribution in [3.8, 4) is 0 Å². The van der Waals surface area contributed by atoms with Gasteiger partial charge < -0.3 is 20.3 Å². The maximum Gasteiger partial charge on any atom is 0.272 e. The Morgan fingerprint density at radius 3 is 1.75 bits per heavy atom. The summed E-state index contributed by atoms with van der Waals surface area (Å²) in [5.41, 5.74) is 4.50. The standard InChI is InChI=1S/C6H13ClO3.CH5N/c1-3-9-6(7,5-8)10-4-2;1-2/h8H,3-5H2,1-2H3;2H2,1H3. The molecule has 0 fully saturated rings. The zero-order valence-corrected chi connectivity index (χ0v) is 8.60. The van der Waals surface area contributed by atoms with Crippen LogP contribution in [0.1, 0.15) is 13.8 Å². The summed E-state index contributed by atoms with van der Waals surface area (Å²) in [4.78, 5) is 0. The van der Waals surface area contributed by atoms with Crippen molar-refractivity contribution in [2.75, 3.05) is 26.9 Å². The molecular weight excluding hydrogens is 182 g/mol. The number of rotatable bonds is 5. The smallest absolute Gasteiger partial charge is 0.272 e. The van der Waals surface area contributed by atoms with Crippen LogP contribution in [-0.2, 0) is 9.47 Å². The van der Waals surface area contributed by atoms with Crippen LogP contribution in [0.5, 0.6) is 0 Å². The Kier molecular flexibility index (Phi) is 11.3. The van der Waals surface area contributed by atoms with Crippen LogP contribution < -0.4 is 5.73 Å². The summed E-state index contributed by atoms with van der Waals surface area (Å²) in [7, 11) is 1.50. The summed E-state index contributed by atoms with van der Waals surface area (Å²) in [6, 6.07) is 0. The van der Waals surface area contributed by atoms with E-state index in [0.717, 1.165) is 0 Å². The molecule has 5 heteroatoms. The summed E-state index contributed by atoms with van der Waals surface area (Å²) >= 11 is 5.63. The van der Waals surface area contributed by atoms with Crippen LogP contribution in [0.4, 0.5) is 0 Å². The predicted molar refractivity (Wildman–Crippen MR) is 49.0 cm³/mol. The largest absolute Gasteiger partial charge is 0.389 e. The first-order valence-electron chi connectivity index (χ1n) is 3.84. The fourth-order valence-corrected chi connectivity index (χ4v) is 0.782. The van der Waals surface area contributed by atoms with E-state index in [4.69, 9.17) is 26.2 Å². The lowest BCUT2D eigenvalue weighted by atomic mass is 10.6. The van der Waals surface area contributed by atoms with Gasteiger partial charge >= 0.3 is 0 Å². The van der Waals surface area contributed by atoms with E-state index in [0.29, 0.717) is 13.2 Å². The molecule has 0 bridgehead atoms. The number of hydrogen-bond donors (Lipinski definition) is 2. The molecule has 0 saturated carbocycles. The predicted octanol–water partition coefficient (Wildman–Crippen LogP) is 0.519. The molecule has 0 heterocycles. The van der Waals surface area contributed by atoms with Crippen molar-refractivity contribution in [2.45, 2.75) is 19.1 Å². The molecule has 3 N–H and O–H groups in total. The topological polar surface area (TPSA) is 64.7 Å². The molecule has 76 valence electrons. The SMILES string of the molecule is CCOC(Cl)(CO)OCC.CN. The first kappa shape index (κ1) is 14.6. The van der Waals surface area contributed by atoms with Gasteiger partial charge in [0.15, 0.2) is 0 Å². The van der Waals surface area contributed by atoms with Gasteiger partial charge in [-0.05, 0) is 20.9 Å². The molecule has 0 aromatic rings. The van der Waals surface area contributed by atoms with Crippen LogP contribution in [0, 0.1) is 0 Å². The molecule has 12 heavy (non-hydrogen) atoms. The van der Waals surface area contributed by atoms with E-state index in [1.807, 2.05) is 0 Å². The van der Waals surface area contributed by atoms with Crippen molar-refractivity contribution >= 4 is 11.6 Å². The average Bonchev–Trinajstić information content (AvgIpc) is 2.09. The molecule has 0 radical (unpaired) electrons. The van der Waals surface area contributed by atoms with Crippen molar-refractivity contribution in [3.05, 3.63) is 0 Å². The van der Waals surface area contributed by atoms with Gasteiger partial charge in [-0.2, -0.15) is 0 Å². The van der Waals surface area contributed by atoms with Crippen molar-refractivity contribution in [1.82, 2.24) is 0 Å². The third-order valence-electron chi connectivity index (χ3n) is 0.909. The van der Waals surface area contributed by atoms with E-state index >= 15 is 0 Å². The van der Waals surface area contributed by atoms with E-state index in [2.05, 4.69) is 5.73 Å². The molecule has 0 aromatic carbocycles. The third kappa shape index (κ3) is 6.82. The lowest BCUT2D eigenvalue weighted by Gasteiger charge is -2.23. The van der Waals surface area contributed by atoms with Crippen LogP contribution in [0.15, 0.2) is 0 Å². The third-order valence-corrected chi connectivity index (χ3v) is 1.25. The van der Waals surface area contributed by atoms with Crippen molar-refractivity contribution in [1.29, 1.82) is 0 Å². The molecule has 0 atom stereocenters. The zero-order valence-electron chi connectivity index (χ0n) is 7.84. The minimum Gasteiger partial charge on any atom is -0.389 e. The second kappa shape index (κ2) is 9.22. The number of alkyl halides is 1. The molecule has 0 amide bonds. The molecule has 0 unspecified atom stereocenters. The Labute approximate surface area is 78.6 Å². The Balaban J connectivity index is 0. The first-order valence-corrected chi connectivity index (χ1v) is 4.21. The van der Waals surface area contributed by atoms with Crippen molar-refractivity contribution < 1.29 is 14.6 Å². The Morgan fingerprint density at radius 2 is 1.58 bits per heavy atom. The molecule has 0 saturated heterocycles. The number of halogens is 1. The lowest BCUT2D eigenvalue weighted by molar-refractivity contribution is -0.192. The Morgan fingerprint density at radius 1 is 1.25 bits per heavy atom. The van der Waals surface area contributed by atoms with Gasteiger partial charge in [0.25, 0.3) is 5.25 Å². The second-order valence-corrected chi connectivity index (χ2v) is 2.26. The van der Waals surface area contributed by atoms with Crippen LogP contribution >= 0.6 is 11.6 Å².